The normalized spacial score (nSPS) is 10.4. The van der Waals surface area contributed by atoms with E-state index in [1.54, 1.807) is 11.4 Å². The SMILES string of the molecule is Cc1cccc(C)c1NC(=O)CSc1ccsc1[N+](=O)[O-]. The van der Waals surface area contributed by atoms with Gasteiger partial charge in [-0.3, -0.25) is 14.9 Å². The summed E-state index contributed by atoms with van der Waals surface area (Å²) in [5.41, 5.74) is 2.80. The Morgan fingerprint density at radius 3 is 2.62 bits per heavy atom. The van der Waals surface area contributed by atoms with E-state index in [1.807, 2.05) is 32.0 Å². The molecule has 5 nitrogen and oxygen atoms in total. The van der Waals surface area contributed by atoms with E-state index in [2.05, 4.69) is 5.32 Å². The molecule has 2 rings (SSSR count). The molecule has 1 aromatic carbocycles. The summed E-state index contributed by atoms with van der Waals surface area (Å²) in [6.45, 7) is 3.86. The third-order valence-electron chi connectivity index (χ3n) is 2.88. The van der Waals surface area contributed by atoms with Crippen LogP contribution in [-0.4, -0.2) is 16.6 Å². The molecule has 0 bridgehead atoms. The fourth-order valence-corrected chi connectivity index (χ4v) is 3.59. The molecule has 7 heteroatoms. The van der Waals surface area contributed by atoms with Gasteiger partial charge in [0, 0.05) is 5.69 Å². The molecule has 0 aliphatic carbocycles. The molecule has 0 unspecified atom stereocenters. The van der Waals surface area contributed by atoms with E-state index in [0.29, 0.717) is 4.90 Å². The number of aryl methyl sites for hydroxylation is 2. The molecule has 0 atom stereocenters. The van der Waals surface area contributed by atoms with Crippen LogP contribution in [0.5, 0.6) is 0 Å². The smallest absolute Gasteiger partial charge is 0.325 e. The highest BCUT2D eigenvalue weighted by atomic mass is 32.2. The fraction of sp³-hybridized carbons (Fsp3) is 0.214. The van der Waals surface area contributed by atoms with Gasteiger partial charge in [0.1, 0.15) is 0 Å². The van der Waals surface area contributed by atoms with Gasteiger partial charge >= 0.3 is 5.00 Å². The summed E-state index contributed by atoms with van der Waals surface area (Å²) in [5, 5.41) is 15.4. The lowest BCUT2D eigenvalue weighted by Crippen LogP contribution is -2.15. The van der Waals surface area contributed by atoms with Gasteiger partial charge in [0.15, 0.2) is 0 Å². The molecular formula is C14H14N2O3S2. The highest BCUT2D eigenvalue weighted by Gasteiger charge is 2.17. The van der Waals surface area contributed by atoms with Crippen LogP contribution in [0.25, 0.3) is 0 Å². The van der Waals surface area contributed by atoms with Crippen molar-refractivity contribution in [3.63, 3.8) is 0 Å². The number of anilines is 1. The van der Waals surface area contributed by atoms with Crippen molar-refractivity contribution in [1.29, 1.82) is 0 Å². The molecular weight excluding hydrogens is 308 g/mol. The second-order valence-electron chi connectivity index (χ2n) is 4.45. The number of para-hydroxylation sites is 1. The molecule has 0 saturated heterocycles. The van der Waals surface area contributed by atoms with E-state index in [1.165, 1.54) is 11.8 Å². The van der Waals surface area contributed by atoms with Crippen molar-refractivity contribution in [2.24, 2.45) is 0 Å². The Morgan fingerprint density at radius 2 is 2.00 bits per heavy atom. The molecule has 21 heavy (non-hydrogen) atoms. The molecule has 0 fully saturated rings. The number of rotatable bonds is 5. The summed E-state index contributed by atoms with van der Waals surface area (Å²) in [6, 6.07) is 7.46. The number of nitro groups is 1. The molecule has 0 aliphatic rings. The maximum absolute atomic E-state index is 12.0. The Bertz CT molecular complexity index is 662. The minimum atomic E-state index is -0.420. The number of carbonyl (C=O) groups excluding carboxylic acids is 1. The molecule has 0 aliphatic heterocycles. The zero-order valence-electron chi connectivity index (χ0n) is 11.6. The van der Waals surface area contributed by atoms with Gasteiger partial charge < -0.3 is 5.32 Å². The number of thiophene rings is 1. The molecule has 110 valence electrons. The maximum Gasteiger partial charge on any atom is 0.337 e. The first-order valence-electron chi connectivity index (χ1n) is 6.20. The molecule has 0 saturated carbocycles. The van der Waals surface area contributed by atoms with Crippen LogP contribution in [0.15, 0.2) is 34.5 Å². The third-order valence-corrected chi connectivity index (χ3v) is 4.92. The van der Waals surface area contributed by atoms with Crippen molar-refractivity contribution >= 4 is 39.7 Å². The quantitative estimate of drug-likeness (QED) is 0.513. The Labute approximate surface area is 130 Å². The van der Waals surface area contributed by atoms with Gasteiger partial charge in [0.25, 0.3) is 0 Å². The van der Waals surface area contributed by atoms with Crippen LogP contribution in [0.4, 0.5) is 10.7 Å². The molecule has 1 aromatic heterocycles. The van der Waals surface area contributed by atoms with Crippen LogP contribution >= 0.6 is 23.1 Å². The highest BCUT2D eigenvalue weighted by molar-refractivity contribution is 8.00. The van der Waals surface area contributed by atoms with Crippen LogP contribution in [0.1, 0.15) is 11.1 Å². The van der Waals surface area contributed by atoms with Crippen LogP contribution < -0.4 is 5.32 Å². The summed E-state index contributed by atoms with van der Waals surface area (Å²) in [7, 11) is 0. The zero-order valence-corrected chi connectivity index (χ0v) is 13.2. The largest absolute Gasteiger partial charge is 0.337 e. The van der Waals surface area contributed by atoms with Gasteiger partial charge in [-0.15, -0.1) is 11.8 Å². The fourth-order valence-electron chi connectivity index (χ4n) is 1.86. The third kappa shape index (κ3) is 3.83. The van der Waals surface area contributed by atoms with Crippen molar-refractivity contribution in [2.75, 3.05) is 11.1 Å². The lowest BCUT2D eigenvalue weighted by molar-refractivity contribution is -0.382. The standard InChI is InChI=1S/C14H14N2O3S2/c1-9-4-3-5-10(2)13(9)15-12(17)8-21-11-6-7-20-14(11)16(18)19/h3-7H,8H2,1-2H3,(H,15,17). The van der Waals surface area contributed by atoms with Crippen molar-refractivity contribution in [2.45, 2.75) is 18.7 Å². The van der Waals surface area contributed by atoms with Crippen LogP contribution in [0.2, 0.25) is 0 Å². The highest BCUT2D eigenvalue weighted by Crippen LogP contribution is 2.34. The van der Waals surface area contributed by atoms with Crippen LogP contribution in [-0.2, 0) is 4.79 Å². The Kier molecular flexibility index (Phi) is 4.98. The minimum absolute atomic E-state index is 0.0832. The number of nitrogens with one attached hydrogen (secondary N) is 1. The predicted molar refractivity (Wildman–Crippen MR) is 86.2 cm³/mol. The number of thioether (sulfide) groups is 1. The molecule has 0 radical (unpaired) electrons. The number of hydrogen-bond donors (Lipinski definition) is 1. The van der Waals surface area contributed by atoms with Crippen LogP contribution in [0.3, 0.4) is 0 Å². The topological polar surface area (TPSA) is 72.2 Å². The van der Waals surface area contributed by atoms with Crippen molar-refractivity contribution in [1.82, 2.24) is 0 Å². The van der Waals surface area contributed by atoms with Gasteiger partial charge in [0.05, 0.1) is 15.6 Å². The molecule has 1 heterocycles. The molecule has 2 aromatic rings. The number of hydrogen-bond acceptors (Lipinski definition) is 5. The first kappa shape index (κ1) is 15.5. The summed E-state index contributed by atoms with van der Waals surface area (Å²) >= 11 is 2.24. The lowest BCUT2D eigenvalue weighted by atomic mass is 10.1. The number of amides is 1. The lowest BCUT2D eigenvalue weighted by Gasteiger charge is -2.10. The zero-order chi connectivity index (χ0) is 15.4. The van der Waals surface area contributed by atoms with E-state index >= 15 is 0 Å². The Balaban J connectivity index is 2.00. The number of carbonyl (C=O) groups is 1. The molecule has 0 spiro atoms. The van der Waals surface area contributed by atoms with Gasteiger partial charge in [-0.2, -0.15) is 0 Å². The molecule has 1 N–H and O–H groups in total. The predicted octanol–water partition coefficient (Wildman–Crippen LogP) is 4.00. The van der Waals surface area contributed by atoms with Crippen molar-refractivity contribution in [3.05, 3.63) is 50.9 Å². The first-order valence-corrected chi connectivity index (χ1v) is 8.06. The average molecular weight is 322 g/mol. The Hall–Kier alpha value is -1.86. The molecule has 1 amide bonds. The minimum Gasteiger partial charge on any atom is -0.325 e. The number of benzene rings is 1. The van der Waals surface area contributed by atoms with E-state index in [0.717, 1.165) is 28.2 Å². The van der Waals surface area contributed by atoms with Crippen LogP contribution in [0, 0.1) is 24.0 Å². The van der Waals surface area contributed by atoms with E-state index in [9.17, 15) is 14.9 Å². The van der Waals surface area contributed by atoms with Gasteiger partial charge in [-0.1, -0.05) is 29.5 Å². The Morgan fingerprint density at radius 1 is 1.33 bits per heavy atom. The van der Waals surface area contributed by atoms with E-state index in [4.69, 9.17) is 0 Å². The van der Waals surface area contributed by atoms with Gasteiger partial charge in [-0.25, -0.2) is 0 Å². The van der Waals surface area contributed by atoms with Crippen molar-refractivity contribution < 1.29 is 9.72 Å². The first-order chi connectivity index (χ1) is 9.99. The summed E-state index contributed by atoms with van der Waals surface area (Å²) in [5.74, 6) is -0.0244. The maximum atomic E-state index is 12.0. The van der Waals surface area contributed by atoms with Crippen molar-refractivity contribution in [3.8, 4) is 0 Å². The summed E-state index contributed by atoms with van der Waals surface area (Å²) in [4.78, 5) is 22.9. The summed E-state index contributed by atoms with van der Waals surface area (Å²) in [6.07, 6.45) is 0. The van der Waals surface area contributed by atoms with E-state index < -0.39 is 4.92 Å². The number of nitrogens with zero attached hydrogens (tertiary/aromatic N) is 1. The summed E-state index contributed by atoms with van der Waals surface area (Å²) < 4.78 is 0. The second kappa shape index (κ2) is 6.73. The van der Waals surface area contributed by atoms with Gasteiger partial charge in [-0.05, 0) is 36.4 Å². The monoisotopic (exact) mass is 322 g/mol. The van der Waals surface area contributed by atoms with E-state index in [-0.39, 0.29) is 16.7 Å². The average Bonchev–Trinajstić information content (AvgIpc) is 2.89. The second-order valence-corrected chi connectivity index (χ2v) is 6.36. The van der Waals surface area contributed by atoms with Gasteiger partial charge in [0.2, 0.25) is 5.91 Å².